The largest absolute Gasteiger partial charge is 0.396 e. The van der Waals surface area contributed by atoms with Gasteiger partial charge in [-0.1, -0.05) is 13.8 Å². The van der Waals surface area contributed by atoms with Crippen LogP contribution in [-0.4, -0.2) is 39.4 Å². The van der Waals surface area contributed by atoms with Crippen LogP contribution in [-0.2, 0) is 17.6 Å². The summed E-state index contributed by atoms with van der Waals surface area (Å²) in [6.45, 7) is 4.82. The zero-order valence-electron chi connectivity index (χ0n) is 15.8. The second-order valence-electron chi connectivity index (χ2n) is 10.1. The first-order valence-electron chi connectivity index (χ1n) is 10.1. The van der Waals surface area contributed by atoms with Gasteiger partial charge in [0.25, 0.3) is 0 Å². The number of H-pyrrole nitrogens is 1. The number of nitrogens with one attached hydrogen (secondary N) is 1. The number of fused-ring (bicyclic) bond motifs is 4. The summed E-state index contributed by atoms with van der Waals surface area (Å²) in [6.07, 6.45) is 8.20. The van der Waals surface area contributed by atoms with Crippen molar-refractivity contribution in [2.75, 3.05) is 13.2 Å². The van der Waals surface area contributed by atoms with Crippen molar-refractivity contribution in [3.8, 4) is 0 Å². The third-order valence-electron chi connectivity index (χ3n) is 9.56. The molecule has 142 valence electrons. The van der Waals surface area contributed by atoms with E-state index in [2.05, 4.69) is 24.0 Å². The Kier molecular flexibility index (Phi) is 3.25. The minimum Gasteiger partial charge on any atom is -0.396 e. The molecule has 26 heavy (non-hydrogen) atoms. The molecule has 5 heteroatoms. The fraction of sp³-hybridized carbons (Fsp3) is 0.810. The molecule has 1 aromatic rings. The van der Waals surface area contributed by atoms with Crippen LogP contribution >= 0.6 is 0 Å². The van der Waals surface area contributed by atoms with Crippen LogP contribution in [0.15, 0.2) is 6.20 Å². The lowest BCUT2D eigenvalue weighted by molar-refractivity contribution is -0.135. The molecule has 3 fully saturated rings. The number of aromatic amines is 1. The number of hydrogen-bond donors (Lipinski definition) is 3. The molecule has 0 unspecified atom stereocenters. The average Bonchev–Trinajstić information content (AvgIpc) is 2.97. The molecule has 5 rings (SSSR count). The van der Waals surface area contributed by atoms with Gasteiger partial charge < -0.3 is 10.2 Å². The molecule has 5 nitrogen and oxygen atoms in total. The van der Waals surface area contributed by atoms with Gasteiger partial charge in [-0.15, -0.1) is 0 Å². The Morgan fingerprint density at radius 3 is 2.85 bits per heavy atom. The number of aliphatic hydroxyl groups excluding tert-OH is 2. The van der Waals surface area contributed by atoms with E-state index in [1.807, 2.05) is 6.20 Å². The van der Waals surface area contributed by atoms with Crippen molar-refractivity contribution in [1.82, 2.24) is 10.2 Å². The van der Waals surface area contributed by atoms with Crippen molar-refractivity contribution in [2.24, 2.45) is 33.5 Å². The van der Waals surface area contributed by atoms with Gasteiger partial charge in [0, 0.05) is 36.2 Å². The topological polar surface area (TPSA) is 86.2 Å². The summed E-state index contributed by atoms with van der Waals surface area (Å²) in [7, 11) is 0. The van der Waals surface area contributed by atoms with Gasteiger partial charge in [0.15, 0.2) is 0 Å². The van der Waals surface area contributed by atoms with Crippen molar-refractivity contribution in [1.29, 1.82) is 0 Å². The maximum absolute atomic E-state index is 12.6. The van der Waals surface area contributed by atoms with Crippen molar-refractivity contribution >= 4 is 5.78 Å². The lowest BCUT2D eigenvalue weighted by Crippen LogP contribution is -2.53. The molecular weight excluding hydrogens is 328 g/mol. The summed E-state index contributed by atoms with van der Waals surface area (Å²) < 4.78 is 0. The Morgan fingerprint density at radius 1 is 1.31 bits per heavy atom. The van der Waals surface area contributed by atoms with Gasteiger partial charge in [-0.25, -0.2) is 0 Å². The predicted octanol–water partition coefficient (Wildman–Crippen LogP) is 2.27. The zero-order chi connectivity index (χ0) is 18.4. The van der Waals surface area contributed by atoms with E-state index in [1.165, 1.54) is 5.56 Å². The van der Waals surface area contributed by atoms with E-state index < -0.39 is 0 Å². The Hall–Kier alpha value is -1.20. The highest BCUT2D eigenvalue weighted by Crippen LogP contribution is 2.85. The molecule has 0 amide bonds. The predicted molar refractivity (Wildman–Crippen MR) is 96.3 cm³/mol. The van der Waals surface area contributed by atoms with Gasteiger partial charge in [-0.05, 0) is 66.8 Å². The van der Waals surface area contributed by atoms with Crippen molar-refractivity contribution in [3.63, 3.8) is 0 Å². The molecular formula is C21H30N2O3. The number of carbonyl (C=O) groups is 1. The van der Waals surface area contributed by atoms with Gasteiger partial charge in [-0.3, -0.25) is 9.89 Å². The minimum absolute atomic E-state index is 0.0336. The molecule has 1 aromatic heterocycles. The van der Waals surface area contributed by atoms with E-state index in [0.29, 0.717) is 18.1 Å². The first-order valence-corrected chi connectivity index (χ1v) is 10.1. The maximum atomic E-state index is 12.6. The van der Waals surface area contributed by atoms with E-state index >= 15 is 0 Å². The molecule has 3 saturated carbocycles. The normalized spacial score (nSPS) is 49.5. The molecule has 0 aromatic carbocycles. The van der Waals surface area contributed by atoms with Gasteiger partial charge >= 0.3 is 0 Å². The number of rotatable bonds is 3. The molecule has 4 aliphatic rings. The molecule has 3 N–H and O–H groups in total. The Bertz CT molecular complexity index is 775. The highest BCUT2D eigenvalue weighted by Gasteiger charge is 2.81. The number of nitrogens with zero attached hydrogens (tertiary/aromatic N) is 1. The summed E-state index contributed by atoms with van der Waals surface area (Å²) in [5.41, 5.74) is 2.00. The summed E-state index contributed by atoms with van der Waals surface area (Å²) in [5.74, 6) is 0.869. The van der Waals surface area contributed by atoms with Crippen molar-refractivity contribution in [2.45, 2.75) is 58.8 Å². The molecule has 1 heterocycles. The van der Waals surface area contributed by atoms with E-state index in [0.717, 1.165) is 44.2 Å². The Morgan fingerprint density at radius 2 is 2.12 bits per heavy atom. The zero-order valence-corrected chi connectivity index (χ0v) is 15.8. The lowest BCUT2D eigenvalue weighted by Gasteiger charge is -2.54. The number of Topliss-reactive ketones (excluding diaryl/α,β-unsaturated/α-hetero) is 1. The first-order chi connectivity index (χ1) is 12.4. The fourth-order valence-electron chi connectivity index (χ4n) is 7.91. The summed E-state index contributed by atoms with van der Waals surface area (Å²) in [6, 6.07) is 0. The van der Waals surface area contributed by atoms with Crippen LogP contribution in [0.2, 0.25) is 0 Å². The first kappa shape index (κ1) is 16.9. The summed E-state index contributed by atoms with van der Waals surface area (Å²) in [4.78, 5) is 12.6. The van der Waals surface area contributed by atoms with Crippen molar-refractivity contribution < 1.29 is 15.0 Å². The Labute approximate surface area is 154 Å². The van der Waals surface area contributed by atoms with Crippen LogP contribution in [0.25, 0.3) is 0 Å². The number of ketones is 1. The van der Waals surface area contributed by atoms with Crippen LogP contribution in [0.3, 0.4) is 0 Å². The summed E-state index contributed by atoms with van der Waals surface area (Å²) in [5, 5.41) is 28.1. The smallest absolute Gasteiger partial charge is 0.139 e. The van der Waals surface area contributed by atoms with Gasteiger partial charge in [-0.2, -0.15) is 5.10 Å². The van der Waals surface area contributed by atoms with E-state index in [4.69, 9.17) is 0 Å². The van der Waals surface area contributed by atoms with Crippen LogP contribution in [0.4, 0.5) is 0 Å². The third-order valence-corrected chi connectivity index (χ3v) is 9.56. The average molecular weight is 358 g/mol. The second kappa shape index (κ2) is 4.99. The third kappa shape index (κ3) is 1.66. The van der Waals surface area contributed by atoms with Crippen molar-refractivity contribution in [3.05, 3.63) is 17.5 Å². The highest BCUT2D eigenvalue weighted by atomic mass is 16.3. The SMILES string of the molecule is C[C@]1([C@@]23CC[C@]4(C)C(=O)CC[C@H]4[C@@]2(CO)C3)Cc2cn[nH]c2C[C@@H]1CO. The van der Waals surface area contributed by atoms with Crippen LogP contribution in [0.1, 0.15) is 57.2 Å². The number of aromatic nitrogens is 2. The number of aliphatic hydroxyl groups is 2. The number of carbonyl (C=O) groups excluding carboxylic acids is 1. The molecule has 0 bridgehead atoms. The van der Waals surface area contributed by atoms with Gasteiger partial charge in [0.05, 0.1) is 6.20 Å². The molecule has 0 radical (unpaired) electrons. The molecule has 4 aliphatic carbocycles. The second-order valence-corrected chi connectivity index (χ2v) is 10.1. The Balaban J connectivity index is 1.59. The molecule has 0 spiro atoms. The van der Waals surface area contributed by atoms with E-state index in [9.17, 15) is 15.0 Å². The quantitative estimate of drug-likeness (QED) is 0.774. The van der Waals surface area contributed by atoms with Gasteiger partial charge in [0.1, 0.15) is 5.78 Å². The summed E-state index contributed by atoms with van der Waals surface area (Å²) >= 11 is 0. The van der Waals surface area contributed by atoms with Crippen LogP contribution < -0.4 is 0 Å². The van der Waals surface area contributed by atoms with E-state index in [1.54, 1.807) is 0 Å². The fourth-order valence-corrected chi connectivity index (χ4v) is 7.91. The minimum atomic E-state index is -0.247. The highest BCUT2D eigenvalue weighted by molar-refractivity contribution is 5.87. The molecule has 6 atom stereocenters. The monoisotopic (exact) mass is 358 g/mol. The molecule has 0 saturated heterocycles. The van der Waals surface area contributed by atoms with Gasteiger partial charge in [0.2, 0.25) is 0 Å². The lowest BCUT2D eigenvalue weighted by atomic mass is 9.49. The standard InChI is InChI=1S/C21H30N2O3/c1-18-5-6-21(11-20(21,12-25)16(18)3-4-17(18)26)19(2)8-13-9-22-23-15(13)7-14(19)10-24/h9,14,16,24-25H,3-8,10-12H2,1-2H3,(H,22,23)/t14-,16-,18+,19+,20+,21+/m1/s1. The maximum Gasteiger partial charge on any atom is 0.139 e. The number of hydrogen-bond acceptors (Lipinski definition) is 4. The van der Waals surface area contributed by atoms with E-state index in [-0.39, 0.29) is 40.8 Å². The van der Waals surface area contributed by atoms with Crippen LogP contribution in [0, 0.1) is 33.5 Å². The van der Waals surface area contributed by atoms with Crippen LogP contribution in [0.5, 0.6) is 0 Å². The molecule has 0 aliphatic heterocycles.